The number of piperidine rings is 1. The molecule has 2 aromatic heterocycles. The molecule has 3 heterocycles. The minimum atomic E-state index is -1.31. The lowest BCUT2D eigenvalue weighted by molar-refractivity contribution is 0.209. The van der Waals surface area contributed by atoms with Crippen LogP contribution in [0.4, 0.5) is 10.2 Å². The van der Waals surface area contributed by atoms with Gasteiger partial charge in [0, 0.05) is 39.8 Å². The van der Waals surface area contributed by atoms with Crippen molar-refractivity contribution in [1.82, 2.24) is 19.9 Å². The minimum Gasteiger partial charge on any atom is -0.365 e. The summed E-state index contributed by atoms with van der Waals surface area (Å²) in [5, 5.41) is 10.7. The van der Waals surface area contributed by atoms with Crippen molar-refractivity contribution in [3.63, 3.8) is 0 Å². The Morgan fingerprint density at radius 2 is 2.28 bits per heavy atom. The Hall–Kier alpha value is -2.63. The molecule has 4 rings (SSSR count). The van der Waals surface area contributed by atoms with Crippen LogP contribution in [0.2, 0.25) is 1.41 Å². The summed E-state index contributed by atoms with van der Waals surface area (Å²) < 4.78 is 48.6. The van der Waals surface area contributed by atoms with E-state index >= 15 is 0 Å². The van der Waals surface area contributed by atoms with Crippen molar-refractivity contribution in [1.29, 1.82) is 5.26 Å². The number of nitriles is 1. The van der Waals surface area contributed by atoms with Gasteiger partial charge in [0.1, 0.15) is 22.5 Å². The molecule has 1 aromatic carbocycles. The zero-order valence-electron chi connectivity index (χ0n) is 20.2. The summed E-state index contributed by atoms with van der Waals surface area (Å²) in [6.07, 6.45) is 1.80. The molecule has 1 aliphatic rings. The van der Waals surface area contributed by atoms with Gasteiger partial charge in [-0.25, -0.2) is 19.3 Å². The monoisotopic (exact) mass is 414 g/mol. The summed E-state index contributed by atoms with van der Waals surface area (Å²) in [7, 11) is 0. The predicted octanol–water partition coefficient (Wildman–Crippen LogP) is 4.30. The van der Waals surface area contributed by atoms with Crippen LogP contribution in [-0.2, 0) is 6.52 Å². The van der Waals surface area contributed by atoms with Crippen molar-refractivity contribution in [2.75, 3.05) is 18.4 Å². The SMILES string of the molecule is [2H]C(c1cc(C#N)ccc1F)N1CCC([2H])(N([2H])c2ncnc3sc(C([2H])(C)C)nc23)CC1. The van der Waals surface area contributed by atoms with Crippen LogP contribution < -0.4 is 5.31 Å². The highest BCUT2D eigenvalue weighted by atomic mass is 32.1. The number of nitrogens with one attached hydrogen (secondary N) is 1. The maximum Gasteiger partial charge on any atom is 0.162 e. The van der Waals surface area contributed by atoms with Gasteiger partial charge in [-0.3, -0.25) is 4.90 Å². The Bertz CT molecular complexity index is 1220. The number of hydrogen-bond donors (Lipinski definition) is 1. The van der Waals surface area contributed by atoms with Crippen LogP contribution in [0.3, 0.4) is 0 Å². The third-order valence-corrected chi connectivity index (χ3v) is 5.87. The van der Waals surface area contributed by atoms with Crippen molar-refractivity contribution in [2.45, 2.75) is 45.1 Å². The number of nitrogens with zero attached hydrogens (tertiary/aromatic N) is 5. The van der Waals surface area contributed by atoms with Gasteiger partial charge in [0.05, 0.1) is 18.0 Å². The quantitative estimate of drug-likeness (QED) is 0.671. The van der Waals surface area contributed by atoms with Gasteiger partial charge >= 0.3 is 0 Å². The van der Waals surface area contributed by atoms with Gasteiger partial charge < -0.3 is 5.31 Å². The molecule has 6 nitrogen and oxygen atoms in total. The Morgan fingerprint density at radius 3 is 3.00 bits per heavy atom. The van der Waals surface area contributed by atoms with E-state index in [1.165, 1.54) is 35.9 Å². The van der Waals surface area contributed by atoms with E-state index in [1.807, 2.05) is 6.07 Å². The predicted molar refractivity (Wildman–Crippen MR) is 112 cm³/mol. The number of halogens is 1. The maximum atomic E-state index is 14.3. The molecule has 1 aliphatic heterocycles. The largest absolute Gasteiger partial charge is 0.365 e. The molecule has 3 aromatic rings. The Kier molecular flexibility index (Phi) is 4.41. The van der Waals surface area contributed by atoms with Crippen molar-refractivity contribution < 1.29 is 9.91 Å². The van der Waals surface area contributed by atoms with Gasteiger partial charge in [0.15, 0.2) is 7.23 Å². The zero-order chi connectivity index (χ0) is 24.0. The number of likely N-dealkylation sites (tertiary alicyclic amines) is 1. The minimum absolute atomic E-state index is 0.125. The highest BCUT2D eigenvalue weighted by Gasteiger charge is 2.22. The molecule has 29 heavy (non-hydrogen) atoms. The highest BCUT2D eigenvalue weighted by molar-refractivity contribution is 7.18. The maximum absolute atomic E-state index is 14.3. The van der Waals surface area contributed by atoms with E-state index in [-0.39, 0.29) is 24.2 Å². The summed E-state index contributed by atoms with van der Waals surface area (Å²) in [4.78, 5) is 15.2. The van der Waals surface area contributed by atoms with Crippen LogP contribution in [0.5, 0.6) is 0 Å². The van der Waals surface area contributed by atoms with Crippen molar-refractivity contribution in [2.24, 2.45) is 0 Å². The Balaban J connectivity index is 1.54. The molecule has 1 N–H and O–H groups in total. The van der Waals surface area contributed by atoms with E-state index in [0.717, 1.165) is 5.31 Å². The second kappa shape index (κ2) is 8.39. The first-order chi connectivity index (χ1) is 15.5. The normalized spacial score (nSPS) is 20.2. The summed E-state index contributed by atoms with van der Waals surface area (Å²) in [5.74, 6) is -1.25. The summed E-state index contributed by atoms with van der Waals surface area (Å²) in [5.41, 5.74) is 0.814. The number of thiazole rings is 1. The van der Waals surface area contributed by atoms with E-state index in [9.17, 15) is 4.39 Å². The van der Waals surface area contributed by atoms with Gasteiger partial charge in [0.2, 0.25) is 0 Å². The van der Waals surface area contributed by atoms with E-state index in [2.05, 4.69) is 15.0 Å². The number of anilines is 1. The van der Waals surface area contributed by atoms with Gasteiger partial charge in [-0.05, 0) is 31.0 Å². The molecule has 1 unspecified atom stereocenters. The molecule has 8 heteroatoms. The summed E-state index contributed by atoms with van der Waals surface area (Å²) in [6.45, 7) is 3.06. The lowest BCUT2D eigenvalue weighted by atomic mass is 10.0. The molecular formula is C21H23FN6S. The highest BCUT2D eigenvalue weighted by Crippen LogP contribution is 2.30. The van der Waals surface area contributed by atoms with Crippen molar-refractivity contribution >= 4 is 27.5 Å². The van der Waals surface area contributed by atoms with E-state index in [1.54, 1.807) is 18.7 Å². The fourth-order valence-electron chi connectivity index (χ4n) is 3.12. The number of benzene rings is 1. The first kappa shape index (κ1) is 15.2. The average molecular weight is 415 g/mol. The van der Waals surface area contributed by atoms with Crippen LogP contribution in [0.15, 0.2) is 24.5 Å². The first-order valence-electron chi connectivity index (χ1n) is 11.3. The van der Waals surface area contributed by atoms with Crippen LogP contribution in [0.1, 0.15) is 52.8 Å². The summed E-state index contributed by atoms with van der Waals surface area (Å²) >= 11 is 1.28. The molecule has 1 fully saturated rings. The molecule has 0 spiro atoms. The fraction of sp³-hybridized carbons (Fsp3) is 0.429. The third-order valence-electron chi connectivity index (χ3n) is 4.69. The van der Waals surface area contributed by atoms with Gasteiger partial charge in [0.25, 0.3) is 0 Å². The van der Waals surface area contributed by atoms with Crippen molar-refractivity contribution in [3.8, 4) is 6.07 Å². The standard InChI is InChI=1S/C21H23FN6S/c1-13(2)20-27-18-19(24-12-25-21(18)29-20)26-16-5-7-28(8-6-16)11-15-9-14(10-23)3-4-17(15)22/h3-4,9,12-13,16H,5-8,11H2,1-2H3,(H,24,25,26)/i11D,13D,16D/hD. The van der Waals surface area contributed by atoms with Crippen molar-refractivity contribution in [3.05, 3.63) is 46.5 Å². The molecule has 0 radical (unpaired) electrons. The number of fused-ring (bicyclic) bond motifs is 1. The Morgan fingerprint density at radius 1 is 1.48 bits per heavy atom. The molecule has 1 atom stereocenters. The molecule has 0 bridgehead atoms. The fourth-order valence-corrected chi connectivity index (χ4v) is 3.98. The van der Waals surface area contributed by atoms with E-state index in [4.69, 9.17) is 10.8 Å². The molecule has 0 saturated carbocycles. The van der Waals surface area contributed by atoms with Crippen LogP contribution in [-0.4, -0.2) is 39.0 Å². The Labute approximate surface area is 179 Å². The number of aromatic nitrogens is 3. The number of rotatable bonds is 5. The smallest absolute Gasteiger partial charge is 0.162 e. The van der Waals surface area contributed by atoms with Crippen LogP contribution >= 0.6 is 11.3 Å². The molecular weight excluding hydrogens is 387 g/mol. The van der Waals surface area contributed by atoms with Crippen LogP contribution in [0.25, 0.3) is 10.3 Å². The first-order valence-corrected chi connectivity index (χ1v) is 10.1. The van der Waals surface area contributed by atoms with Gasteiger partial charge in [-0.2, -0.15) is 5.26 Å². The van der Waals surface area contributed by atoms with Crippen LogP contribution in [0, 0.1) is 17.1 Å². The molecule has 1 saturated heterocycles. The lowest BCUT2D eigenvalue weighted by Crippen LogP contribution is -2.39. The lowest BCUT2D eigenvalue weighted by Gasteiger charge is -2.32. The summed E-state index contributed by atoms with van der Waals surface area (Å²) in [6, 6.07) is 4.61. The molecule has 150 valence electrons. The zero-order valence-corrected chi connectivity index (χ0v) is 17.0. The third kappa shape index (κ3) is 4.36. The van der Waals surface area contributed by atoms with E-state index < -0.39 is 24.2 Å². The average Bonchev–Trinajstić information content (AvgIpc) is 3.24. The van der Waals surface area contributed by atoms with Gasteiger partial charge in [-0.1, -0.05) is 25.2 Å². The second-order valence-electron chi connectivity index (χ2n) is 7.06. The second-order valence-corrected chi connectivity index (χ2v) is 8.04. The molecule has 0 aliphatic carbocycles. The van der Waals surface area contributed by atoms with Gasteiger partial charge in [-0.15, -0.1) is 0 Å². The topological polar surface area (TPSA) is 77.7 Å². The van der Waals surface area contributed by atoms with E-state index in [0.29, 0.717) is 34.0 Å². The molecule has 0 amide bonds. The number of hydrogen-bond acceptors (Lipinski definition) is 7.